The molecule has 0 aromatic carbocycles. The molecule has 2 aliphatic rings. The van der Waals surface area contributed by atoms with Gasteiger partial charge in [-0.2, -0.15) is 0 Å². The van der Waals surface area contributed by atoms with Crippen molar-refractivity contribution in [3.05, 3.63) is 51.4 Å². The van der Waals surface area contributed by atoms with E-state index >= 15 is 0 Å². The molecule has 0 bridgehead atoms. The zero-order valence-electron chi connectivity index (χ0n) is 19.0. The summed E-state index contributed by atoms with van der Waals surface area (Å²) in [4.78, 5) is 48.0. The van der Waals surface area contributed by atoms with Crippen LogP contribution < -0.4 is 21.4 Å². The summed E-state index contributed by atoms with van der Waals surface area (Å²) in [6, 6.07) is 2.89. The lowest BCUT2D eigenvalue weighted by Crippen LogP contribution is -2.71. The van der Waals surface area contributed by atoms with Gasteiger partial charge in [0, 0.05) is 23.5 Å². The molecule has 15 heteroatoms. The van der Waals surface area contributed by atoms with E-state index in [9.17, 15) is 19.5 Å². The van der Waals surface area contributed by atoms with Gasteiger partial charge in [0.25, 0.3) is 11.8 Å². The van der Waals surface area contributed by atoms with Crippen LogP contribution in [0.25, 0.3) is 0 Å². The fourth-order valence-corrected chi connectivity index (χ4v) is 6.17. The Morgan fingerprint density at radius 3 is 2.72 bits per heavy atom. The van der Waals surface area contributed by atoms with Gasteiger partial charge >= 0.3 is 5.97 Å². The number of aliphatic carboxylic acids is 1. The molecule has 190 valence electrons. The van der Waals surface area contributed by atoms with E-state index in [1.807, 2.05) is 29.1 Å². The average molecular weight is 553 g/mol. The van der Waals surface area contributed by atoms with Gasteiger partial charge in [0.2, 0.25) is 0 Å². The molecule has 2 atom stereocenters. The van der Waals surface area contributed by atoms with Crippen LogP contribution >= 0.6 is 34.7 Å². The topological polar surface area (TPSA) is 177 Å². The van der Waals surface area contributed by atoms with Crippen molar-refractivity contribution in [3.8, 4) is 0 Å². The van der Waals surface area contributed by atoms with E-state index in [4.69, 9.17) is 27.9 Å². The molecule has 0 spiro atoms. The minimum atomic E-state index is -1.21. The number of β-lactam (4-membered cyclic amide) rings is 1. The predicted octanol–water partition coefficient (Wildman–Crippen LogP) is -0.0433. The number of oxime groups is 1. The lowest BCUT2D eigenvalue weighted by molar-refractivity contribution is -0.689. The van der Waals surface area contributed by atoms with Crippen molar-refractivity contribution in [3.63, 3.8) is 0 Å². The highest BCUT2D eigenvalue weighted by atomic mass is 35.5. The zero-order chi connectivity index (χ0) is 26.0. The SMILES string of the molecule is CO/N=C(\C(=O)N[C@@H]1C(=O)N2C(C(=O)O)=C(C[n+]3ccc(CCN)cc3)CS[C@H]12)c1nc(N)sc1Cl. The minimum Gasteiger partial charge on any atom is -0.477 e. The second-order valence-electron chi connectivity index (χ2n) is 7.83. The largest absolute Gasteiger partial charge is 0.477 e. The first-order valence-electron chi connectivity index (χ1n) is 10.7. The van der Waals surface area contributed by atoms with Crippen molar-refractivity contribution in [1.29, 1.82) is 0 Å². The number of halogens is 1. The lowest BCUT2D eigenvalue weighted by atomic mass is 10.0. The minimum absolute atomic E-state index is 0.0290. The van der Waals surface area contributed by atoms with Crippen LogP contribution in [0, 0.1) is 0 Å². The maximum Gasteiger partial charge on any atom is 0.352 e. The molecule has 2 amide bonds. The van der Waals surface area contributed by atoms with Crippen molar-refractivity contribution in [1.82, 2.24) is 15.2 Å². The van der Waals surface area contributed by atoms with Gasteiger partial charge in [0.1, 0.15) is 34.3 Å². The zero-order valence-corrected chi connectivity index (χ0v) is 21.4. The number of carbonyl (C=O) groups is 3. The molecule has 1 saturated heterocycles. The molecule has 4 rings (SSSR count). The molecule has 0 aliphatic carbocycles. The van der Waals surface area contributed by atoms with Crippen LogP contribution in [0.1, 0.15) is 11.3 Å². The van der Waals surface area contributed by atoms with E-state index in [1.54, 1.807) is 0 Å². The van der Waals surface area contributed by atoms with E-state index in [0.29, 0.717) is 24.4 Å². The number of carboxylic acid groups (broad SMARTS) is 1. The Hall–Kier alpha value is -3.20. The number of fused-ring (bicyclic) bond motifs is 1. The number of nitrogens with one attached hydrogen (secondary N) is 1. The molecular formula is C21H23ClN7O5S2+. The number of carboxylic acids is 1. The summed E-state index contributed by atoms with van der Waals surface area (Å²) in [6.45, 7) is 0.842. The molecule has 4 heterocycles. The quantitative estimate of drug-likeness (QED) is 0.144. The van der Waals surface area contributed by atoms with Gasteiger partial charge in [-0.25, -0.2) is 14.3 Å². The van der Waals surface area contributed by atoms with Crippen LogP contribution in [-0.4, -0.2) is 69.3 Å². The van der Waals surface area contributed by atoms with Gasteiger partial charge in [0.05, 0.1) is 0 Å². The Kier molecular flexibility index (Phi) is 7.78. The van der Waals surface area contributed by atoms with Gasteiger partial charge in [-0.05, 0) is 18.5 Å². The van der Waals surface area contributed by atoms with Crippen molar-refractivity contribution < 1.29 is 28.9 Å². The highest BCUT2D eigenvalue weighted by Crippen LogP contribution is 2.40. The van der Waals surface area contributed by atoms with Crippen LogP contribution in [0.4, 0.5) is 5.13 Å². The van der Waals surface area contributed by atoms with Crippen molar-refractivity contribution in [2.45, 2.75) is 24.4 Å². The molecule has 0 saturated carbocycles. The number of nitrogens with zero attached hydrogens (tertiary/aromatic N) is 4. The molecular weight excluding hydrogens is 530 g/mol. The second-order valence-corrected chi connectivity index (χ2v) is 10.6. The Morgan fingerprint density at radius 1 is 1.42 bits per heavy atom. The van der Waals surface area contributed by atoms with E-state index in [2.05, 4.69) is 15.5 Å². The summed E-state index contributed by atoms with van der Waals surface area (Å²) in [7, 11) is 1.25. The molecule has 0 unspecified atom stereocenters. The number of anilines is 1. The maximum atomic E-state index is 13.0. The van der Waals surface area contributed by atoms with Crippen LogP contribution in [0.3, 0.4) is 0 Å². The first kappa shape index (κ1) is 25.9. The number of hydrogen-bond acceptors (Lipinski definition) is 10. The smallest absolute Gasteiger partial charge is 0.352 e. The second kappa shape index (κ2) is 10.8. The predicted molar refractivity (Wildman–Crippen MR) is 134 cm³/mol. The molecule has 1 fully saturated rings. The standard InChI is InChI=1S/C21H22ClN7O5S2/c1-34-27-13(12-16(22)36-21(24)26-12)17(30)25-14-18(31)29-15(20(32)33)11(9-35-19(14)29)8-28-6-3-10(2-5-23)4-7-28/h3-4,6-7,14,19H,2,5,8-9,23H2,1H3,(H3-,24,25,26,30,32,33)/p+1/b27-13-/t14-,19-/m1/s1. The van der Waals surface area contributed by atoms with E-state index < -0.39 is 29.2 Å². The number of thioether (sulfide) groups is 1. The van der Waals surface area contributed by atoms with Crippen LogP contribution in [-0.2, 0) is 32.2 Å². The van der Waals surface area contributed by atoms with Gasteiger partial charge in [-0.3, -0.25) is 14.5 Å². The first-order chi connectivity index (χ1) is 17.2. The van der Waals surface area contributed by atoms with Crippen LogP contribution in [0.2, 0.25) is 4.34 Å². The van der Waals surface area contributed by atoms with Gasteiger partial charge < -0.3 is 26.7 Å². The Bertz CT molecular complexity index is 1260. The third-order valence-corrected chi connectivity index (χ3v) is 7.95. The molecule has 12 nitrogen and oxygen atoms in total. The number of amides is 2. The summed E-state index contributed by atoms with van der Waals surface area (Å²) in [5.41, 5.74) is 12.6. The highest BCUT2D eigenvalue weighted by Gasteiger charge is 2.54. The molecule has 0 radical (unpaired) electrons. The molecule has 6 N–H and O–H groups in total. The molecule has 36 heavy (non-hydrogen) atoms. The summed E-state index contributed by atoms with van der Waals surface area (Å²) in [5.74, 6) is -2.13. The number of nitrogen functional groups attached to an aromatic ring is 1. The van der Waals surface area contributed by atoms with Crippen molar-refractivity contribution >= 4 is 63.3 Å². The normalized spacial score (nSPS) is 19.6. The van der Waals surface area contributed by atoms with E-state index in [1.165, 1.54) is 23.8 Å². The summed E-state index contributed by atoms with van der Waals surface area (Å²) in [5, 5.41) is 15.7. The molecule has 2 aromatic heterocycles. The van der Waals surface area contributed by atoms with Crippen LogP contribution in [0.5, 0.6) is 0 Å². The third kappa shape index (κ3) is 5.02. The van der Waals surface area contributed by atoms with E-state index in [0.717, 1.165) is 23.3 Å². The number of hydrogen-bond donors (Lipinski definition) is 4. The number of rotatable bonds is 9. The Labute approximate surface area is 218 Å². The Morgan fingerprint density at radius 2 is 2.14 bits per heavy atom. The summed E-state index contributed by atoms with van der Waals surface area (Å²) in [6.07, 6.45) is 4.44. The van der Waals surface area contributed by atoms with Gasteiger partial charge in [-0.1, -0.05) is 28.1 Å². The first-order valence-corrected chi connectivity index (χ1v) is 12.9. The van der Waals surface area contributed by atoms with Crippen molar-refractivity contribution in [2.24, 2.45) is 10.9 Å². The van der Waals surface area contributed by atoms with Crippen molar-refractivity contribution in [2.75, 3.05) is 25.1 Å². The fourth-order valence-electron chi connectivity index (χ4n) is 3.91. The number of thiazole rings is 1. The number of aromatic nitrogens is 2. The fraction of sp³-hybridized carbons (Fsp3) is 0.333. The number of carbonyl (C=O) groups excluding carboxylic acids is 2. The third-order valence-electron chi connectivity index (χ3n) is 5.53. The van der Waals surface area contributed by atoms with E-state index in [-0.39, 0.29) is 26.6 Å². The molecule has 2 aromatic rings. The average Bonchev–Trinajstić information content (AvgIpc) is 3.18. The summed E-state index contributed by atoms with van der Waals surface area (Å²) >= 11 is 8.43. The summed E-state index contributed by atoms with van der Waals surface area (Å²) < 4.78 is 1.99. The molecule has 2 aliphatic heterocycles. The Balaban J connectivity index is 1.52. The van der Waals surface area contributed by atoms with Gasteiger partial charge in [0.15, 0.2) is 29.8 Å². The van der Waals surface area contributed by atoms with Gasteiger partial charge in [-0.15, -0.1) is 11.8 Å². The van der Waals surface area contributed by atoms with Crippen LogP contribution in [0.15, 0.2) is 41.0 Å². The number of pyridine rings is 1. The highest BCUT2D eigenvalue weighted by molar-refractivity contribution is 8.00. The lowest BCUT2D eigenvalue weighted by Gasteiger charge is -2.49. The maximum absolute atomic E-state index is 13.0. The monoisotopic (exact) mass is 552 g/mol. The number of nitrogens with two attached hydrogens (primary N) is 2.